The van der Waals surface area contributed by atoms with E-state index >= 15 is 0 Å². The van der Waals surface area contributed by atoms with Crippen molar-refractivity contribution in [2.45, 2.75) is 25.9 Å². The van der Waals surface area contributed by atoms with Gasteiger partial charge in [0.2, 0.25) is 0 Å². The van der Waals surface area contributed by atoms with E-state index in [1.54, 1.807) is 26.2 Å². The summed E-state index contributed by atoms with van der Waals surface area (Å²) in [4.78, 5) is 22.7. The van der Waals surface area contributed by atoms with Crippen LogP contribution >= 0.6 is 0 Å². The van der Waals surface area contributed by atoms with Gasteiger partial charge in [0.1, 0.15) is 23.4 Å². The molecule has 0 aliphatic heterocycles. The van der Waals surface area contributed by atoms with E-state index in [1.807, 2.05) is 60.7 Å². The number of hydrogen-bond donors (Lipinski definition) is 0. The molecular formula is C28H25NO5. The average molecular weight is 456 g/mol. The fourth-order valence-corrected chi connectivity index (χ4v) is 4.12. The maximum atomic E-state index is 11.9. The quantitative estimate of drug-likeness (QED) is 0.205. The van der Waals surface area contributed by atoms with Crippen LogP contribution in [0, 0.1) is 10.1 Å². The molecule has 0 spiro atoms. The fraction of sp³-hybridized carbons (Fsp3) is 0.179. The molecule has 6 heteroatoms. The SMILES string of the molecule is COC(c1ccccc1)c1c(-c2ccccc2)oc(-c2ccc([N+](=O)[O-])cc2)c1CCC(C)=O. The number of ether oxygens (including phenoxy) is 1. The van der Waals surface area contributed by atoms with Gasteiger partial charge in [0, 0.05) is 47.9 Å². The van der Waals surface area contributed by atoms with Crippen molar-refractivity contribution in [1.82, 2.24) is 0 Å². The van der Waals surface area contributed by atoms with E-state index < -0.39 is 11.0 Å². The first-order chi connectivity index (χ1) is 16.5. The van der Waals surface area contributed by atoms with E-state index in [4.69, 9.17) is 9.15 Å². The van der Waals surface area contributed by atoms with E-state index in [9.17, 15) is 14.9 Å². The Kier molecular flexibility index (Phi) is 6.99. The highest BCUT2D eigenvalue weighted by Gasteiger charge is 2.29. The minimum atomic E-state index is -0.431. The van der Waals surface area contributed by atoms with Crippen molar-refractivity contribution < 1.29 is 18.9 Å². The van der Waals surface area contributed by atoms with Gasteiger partial charge in [-0.1, -0.05) is 60.7 Å². The Hall–Kier alpha value is -4.03. The van der Waals surface area contributed by atoms with Gasteiger partial charge in [-0.2, -0.15) is 0 Å². The predicted octanol–water partition coefficient (Wildman–Crippen LogP) is 6.78. The summed E-state index contributed by atoms with van der Waals surface area (Å²) in [5, 5.41) is 11.1. The van der Waals surface area contributed by atoms with Crippen LogP contribution in [0.1, 0.15) is 36.1 Å². The third kappa shape index (κ3) is 4.82. The first-order valence-electron chi connectivity index (χ1n) is 11.0. The van der Waals surface area contributed by atoms with Gasteiger partial charge < -0.3 is 13.9 Å². The largest absolute Gasteiger partial charge is 0.455 e. The fourth-order valence-electron chi connectivity index (χ4n) is 4.12. The molecule has 34 heavy (non-hydrogen) atoms. The van der Waals surface area contributed by atoms with Crippen LogP contribution in [0.15, 0.2) is 89.3 Å². The number of benzene rings is 3. The highest BCUT2D eigenvalue weighted by atomic mass is 16.6. The lowest BCUT2D eigenvalue weighted by molar-refractivity contribution is -0.384. The van der Waals surface area contributed by atoms with E-state index in [1.165, 1.54) is 12.1 Å². The normalized spacial score (nSPS) is 11.8. The molecule has 0 radical (unpaired) electrons. The van der Waals surface area contributed by atoms with Crippen molar-refractivity contribution in [1.29, 1.82) is 0 Å². The minimum absolute atomic E-state index is 0.00292. The van der Waals surface area contributed by atoms with Gasteiger partial charge in [-0.25, -0.2) is 0 Å². The Morgan fingerprint density at radius 3 is 2.06 bits per heavy atom. The maximum absolute atomic E-state index is 11.9. The standard InChI is InChI=1S/C28H25NO5/c1-19(30)13-18-24-25(27(33-2)20-9-5-3-6-10-20)28(21-11-7-4-8-12-21)34-26(24)22-14-16-23(17-15-22)29(31)32/h3-12,14-17,27H,13,18H2,1-2H3. The molecule has 0 fully saturated rings. The Morgan fingerprint density at radius 1 is 0.912 bits per heavy atom. The molecule has 4 aromatic rings. The summed E-state index contributed by atoms with van der Waals surface area (Å²) in [6.45, 7) is 1.56. The third-order valence-electron chi connectivity index (χ3n) is 5.75. The third-order valence-corrected chi connectivity index (χ3v) is 5.75. The zero-order valence-corrected chi connectivity index (χ0v) is 19.1. The molecule has 0 aliphatic rings. The molecule has 172 valence electrons. The van der Waals surface area contributed by atoms with Crippen LogP contribution in [0.2, 0.25) is 0 Å². The van der Waals surface area contributed by atoms with E-state index in [0.717, 1.165) is 22.3 Å². The smallest absolute Gasteiger partial charge is 0.269 e. The number of methoxy groups -OCH3 is 1. The molecule has 0 N–H and O–H groups in total. The molecule has 1 aromatic heterocycles. The number of hydrogen-bond acceptors (Lipinski definition) is 5. The number of rotatable bonds is 9. The zero-order valence-electron chi connectivity index (χ0n) is 19.1. The summed E-state index contributed by atoms with van der Waals surface area (Å²) in [6.07, 6.45) is 0.375. The van der Waals surface area contributed by atoms with Crippen molar-refractivity contribution in [2.24, 2.45) is 0 Å². The van der Waals surface area contributed by atoms with Gasteiger partial charge in [0.15, 0.2) is 0 Å². The summed E-state index contributed by atoms with van der Waals surface area (Å²) in [5.41, 5.74) is 4.27. The number of nitro benzene ring substituents is 1. The van der Waals surface area contributed by atoms with Crippen molar-refractivity contribution in [3.05, 3.63) is 112 Å². The Morgan fingerprint density at radius 2 is 1.50 bits per heavy atom. The monoisotopic (exact) mass is 455 g/mol. The molecule has 1 heterocycles. The lowest BCUT2D eigenvalue weighted by Gasteiger charge is -2.18. The summed E-state index contributed by atoms with van der Waals surface area (Å²) in [7, 11) is 1.65. The summed E-state index contributed by atoms with van der Waals surface area (Å²) < 4.78 is 12.5. The first-order valence-corrected chi connectivity index (χ1v) is 11.0. The second-order valence-corrected chi connectivity index (χ2v) is 8.05. The number of non-ortho nitro benzene ring substituents is 1. The van der Waals surface area contributed by atoms with Crippen molar-refractivity contribution >= 4 is 11.5 Å². The predicted molar refractivity (Wildman–Crippen MR) is 131 cm³/mol. The van der Waals surface area contributed by atoms with Crippen LogP contribution in [0.5, 0.6) is 0 Å². The van der Waals surface area contributed by atoms with Crippen molar-refractivity contribution in [3.63, 3.8) is 0 Å². The number of carbonyl (C=O) groups is 1. The zero-order chi connectivity index (χ0) is 24.1. The van der Waals surface area contributed by atoms with Crippen molar-refractivity contribution in [2.75, 3.05) is 7.11 Å². The molecule has 4 rings (SSSR count). The molecule has 1 atom stereocenters. The molecule has 0 saturated carbocycles. The van der Waals surface area contributed by atoms with Gasteiger partial charge in [-0.05, 0) is 31.0 Å². The Balaban J connectivity index is 1.97. The van der Waals surface area contributed by atoms with Gasteiger partial charge >= 0.3 is 0 Å². The van der Waals surface area contributed by atoms with Crippen LogP contribution in [-0.2, 0) is 16.0 Å². The summed E-state index contributed by atoms with van der Waals surface area (Å²) in [5.74, 6) is 1.31. The summed E-state index contributed by atoms with van der Waals surface area (Å²) in [6, 6.07) is 25.9. The molecule has 3 aromatic carbocycles. The number of nitrogens with zero attached hydrogens (tertiary/aromatic N) is 1. The van der Waals surface area contributed by atoms with Crippen LogP contribution in [-0.4, -0.2) is 17.8 Å². The number of ketones is 1. The van der Waals surface area contributed by atoms with E-state index in [0.29, 0.717) is 29.9 Å². The average Bonchev–Trinajstić information content (AvgIpc) is 3.23. The molecule has 0 aliphatic carbocycles. The lowest BCUT2D eigenvalue weighted by atomic mass is 9.91. The molecule has 0 amide bonds. The lowest BCUT2D eigenvalue weighted by Crippen LogP contribution is -2.08. The van der Waals surface area contributed by atoms with Crippen LogP contribution < -0.4 is 0 Å². The molecule has 0 bridgehead atoms. The number of nitro groups is 1. The van der Waals surface area contributed by atoms with Gasteiger partial charge in [-0.15, -0.1) is 0 Å². The minimum Gasteiger partial charge on any atom is -0.455 e. The second-order valence-electron chi connectivity index (χ2n) is 8.05. The van der Waals surface area contributed by atoms with Gasteiger partial charge in [0.05, 0.1) is 4.92 Å². The number of Topliss-reactive ketones (excluding diaryl/α,β-unsaturated/α-hetero) is 1. The molecule has 1 unspecified atom stereocenters. The van der Waals surface area contributed by atoms with Gasteiger partial charge in [-0.3, -0.25) is 10.1 Å². The van der Waals surface area contributed by atoms with E-state index in [2.05, 4.69) is 0 Å². The second kappa shape index (κ2) is 10.3. The summed E-state index contributed by atoms with van der Waals surface area (Å²) >= 11 is 0. The maximum Gasteiger partial charge on any atom is 0.269 e. The van der Waals surface area contributed by atoms with Crippen molar-refractivity contribution in [3.8, 4) is 22.6 Å². The van der Waals surface area contributed by atoms with Crippen LogP contribution in [0.3, 0.4) is 0 Å². The molecule has 6 nitrogen and oxygen atoms in total. The highest BCUT2D eigenvalue weighted by Crippen LogP contribution is 2.44. The van der Waals surface area contributed by atoms with Crippen LogP contribution in [0.4, 0.5) is 5.69 Å². The topological polar surface area (TPSA) is 82.6 Å². The molecule has 0 saturated heterocycles. The Labute approximate surface area is 198 Å². The first kappa shape index (κ1) is 23.1. The van der Waals surface area contributed by atoms with Crippen LogP contribution in [0.25, 0.3) is 22.6 Å². The van der Waals surface area contributed by atoms with Gasteiger partial charge in [0.25, 0.3) is 5.69 Å². The highest BCUT2D eigenvalue weighted by molar-refractivity contribution is 5.78. The number of carbonyl (C=O) groups excluding carboxylic acids is 1. The van der Waals surface area contributed by atoms with E-state index in [-0.39, 0.29) is 11.5 Å². The number of furan rings is 1. The Bertz CT molecular complexity index is 1280. The molecular weight excluding hydrogens is 430 g/mol.